The molecular formula is C18H25N3O3S. The summed E-state index contributed by atoms with van der Waals surface area (Å²) in [5.74, 6) is 1.63. The molecule has 2 atom stereocenters. The summed E-state index contributed by atoms with van der Waals surface area (Å²) in [6, 6.07) is 0. The molecule has 1 aromatic rings. The lowest BCUT2D eigenvalue weighted by molar-refractivity contribution is 0.0526. The normalized spacial score (nSPS) is 19.7. The van der Waals surface area contributed by atoms with E-state index in [4.69, 9.17) is 9.47 Å². The number of anilines is 1. The Morgan fingerprint density at radius 1 is 1.44 bits per heavy atom. The van der Waals surface area contributed by atoms with E-state index in [1.165, 1.54) is 23.5 Å². The van der Waals surface area contributed by atoms with Gasteiger partial charge in [0.25, 0.3) is 0 Å². The summed E-state index contributed by atoms with van der Waals surface area (Å²) in [5.41, 5.74) is 1.58. The Balaban J connectivity index is 2.16. The van der Waals surface area contributed by atoms with Crippen molar-refractivity contribution in [2.24, 2.45) is 11.8 Å². The highest BCUT2D eigenvalue weighted by Crippen LogP contribution is 2.30. The number of carbonyl (C=O) groups is 1. The lowest BCUT2D eigenvalue weighted by Gasteiger charge is -2.27. The van der Waals surface area contributed by atoms with Crippen LogP contribution in [-0.2, 0) is 9.47 Å². The van der Waals surface area contributed by atoms with Crippen molar-refractivity contribution in [1.82, 2.24) is 9.97 Å². The topological polar surface area (TPSA) is 73.3 Å². The van der Waals surface area contributed by atoms with Gasteiger partial charge in [0.15, 0.2) is 5.16 Å². The second kappa shape index (κ2) is 8.89. The number of nitrogens with one attached hydrogen (secondary N) is 1. The molecule has 0 aromatic carbocycles. The molecule has 0 aliphatic heterocycles. The standard InChI is InChI=1S/C18H25N3O3S/c1-6-24-17(22)14-10-20-18(25-5)21-16(14)19-9-13-7-8-15(23-4)12(3)11(13)2/h7-8,10-11,13H,6,9H2,1-5H3,(H,19,20,21). The van der Waals surface area contributed by atoms with E-state index in [-0.39, 0.29) is 5.92 Å². The summed E-state index contributed by atoms with van der Waals surface area (Å²) in [6.07, 6.45) is 7.55. The van der Waals surface area contributed by atoms with Gasteiger partial charge in [0.1, 0.15) is 17.1 Å². The van der Waals surface area contributed by atoms with Crippen molar-refractivity contribution in [3.63, 3.8) is 0 Å². The van der Waals surface area contributed by atoms with E-state index in [2.05, 4.69) is 35.2 Å². The van der Waals surface area contributed by atoms with Gasteiger partial charge in [0, 0.05) is 18.7 Å². The fourth-order valence-corrected chi connectivity index (χ4v) is 3.04. The molecule has 2 rings (SSSR count). The first-order chi connectivity index (χ1) is 12.0. The van der Waals surface area contributed by atoms with Gasteiger partial charge in [-0.05, 0) is 37.7 Å². The van der Waals surface area contributed by atoms with E-state index in [1.807, 2.05) is 12.3 Å². The average molecular weight is 363 g/mol. The zero-order valence-electron chi connectivity index (χ0n) is 15.3. The Bertz CT molecular complexity index is 688. The Kier molecular flexibility index (Phi) is 6.87. The molecule has 7 heteroatoms. The molecule has 2 unspecified atom stereocenters. The number of aromatic nitrogens is 2. The van der Waals surface area contributed by atoms with Crippen LogP contribution in [0.5, 0.6) is 0 Å². The number of rotatable bonds is 7. The number of esters is 1. The maximum absolute atomic E-state index is 12.1. The fourth-order valence-electron chi connectivity index (χ4n) is 2.70. The molecule has 25 heavy (non-hydrogen) atoms. The van der Waals surface area contributed by atoms with Gasteiger partial charge in [-0.25, -0.2) is 14.8 Å². The molecule has 136 valence electrons. The molecule has 1 aromatic heterocycles. The van der Waals surface area contributed by atoms with Crippen LogP contribution in [0, 0.1) is 11.8 Å². The molecule has 0 saturated carbocycles. The molecule has 6 nitrogen and oxygen atoms in total. The molecule has 0 spiro atoms. The van der Waals surface area contributed by atoms with Crippen molar-refractivity contribution in [3.05, 3.63) is 35.2 Å². The molecule has 0 fully saturated rings. The third-order valence-electron chi connectivity index (χ3n) is 4.38. The summed E-state index contributed by atoms with van der Waals surface area (Å²) in [6.45, 7) is 7.00. The van der Waals surface area contributed by atoms with Crippen LogP contribution in [0.3, 0.4) is 0 Å². The van der Waals surface area contributed by atoms with E-state index in [0.717, 1.165) is 5.76 Å². The molecule has 0 radical (unpaired) electrons. The van der Waals surface area contributed by atoms with Crippen LogP contribution in [-0.4, -0.2) is 42.5 Å². The van der Waals surface area contributed by atoms with E-state index < -0.39 is 5.97 Å². The smallest absolute Gasteiger partial charge is 0.343 e. The van der Waals surface area contributed by atoms with Crippen molar-refractivity contribution < 1.29 is 14.3 Å². The maximum Gasteiger partial charge on any atom is 0.343 e. The van der Waals surface area contributed by atoms with Gasteiger partial charge in [-0.15, -0.1) is 0 Å². The minimum atomic E-state index is -0.414. The van der Waals surface area contributed by atoms with Crippen LogP contribution in [0.2, 0.25) is 0 Å². The molecule has 1 N–H and O–H groups in total. The maximum atomic E-state index is 12.1. The van der Waals surface area contributed by atoms with E-state index in [9.17, 15) is 4.79 Å². The molecular weight excluding hydrogens is 338 g/mol. The summed E-state index contributed by atoms with van der Waals surface area (Å²) in [4.78, 5) is 20.7. The third kappa shape index (κ3) is 4.54. The molecule has 1 aliphatic carbocycles. The van der Waals surface area contributed by atoms with E-state index in [0.29, 0.717) is 35.6 Å². The number of ether oxygens (including phenoxy) is 2. The van der Waals surface area contributed by atoms with Gasteiger partial charge in [0.2, 0.25) is 0 Å². The zero-order valence-corrected chi connectivity index (χ0v) is 16.1. The Hall–Kier alpha value is -2.02. The highest BCUT2D eigenvalue weighted by atomic mass is 32.2. The fraction of sp³-hybridized carbons (Fsp3) is 0.500. The molecule has 0 amide bonds. The monoisotopic (exact) mass is 363 g/mol. The van der Waals surface area contributed by atoms with Crippen LogP contribution in [0.4, 0.5) is 5.82 Å². The number of methoxy groups -OCH3 is 1. The van der Waals surface area contributed by atoms with Gasteiger partial charge in [-0.1, -0.05) is 24.8 Å². The number of allylic oxidation sites excluding steroid dienone is 2. The first kappa shape index (κ1) is 19.3. The zero-order chi connectivity index (χ0) is 18.4. The minimum Gasteiger partial charge on any atom is -0.497 e. The summed E-state index contributed by atoms with van der Waals surface area (Å²) >= 11 is 1.43. The summed E-state index contributed by atoms with van der Waals surface area (Å²) in [7, 11) is 1.69. The van der Waals surface area contributed by atoms with Crippen molar-refractivity contribution >= 4 is 23.5 Å². The highest BCUT2D eigenvalue weighted by molar-refractivity contribution is 7.98. The van der Waals surface area contributed by atoms with Crippen LogP contribution in [0.25, 0.3) is 0 Å². The predicted molar refractivity (Wildman–Crippen MR) is 99.8 cm³/mol. The number of carbonyl (C=O) groups excluding carboxylic acids is 1. The van der Waals surface area contributed by atoms with Gasteiger partial charge in [-0.2, -0.15) is 0 Å². The number of nitrogens with zero attached hydrogens (tertiary/aromatic N) is 2. The molecule has 1 heterocycles. The third-order valence-corrected chi connectivity index (χ3v) is 4.94. The van der Waals surface area contributed by atoms with Gasteiger partial charge in [0.05, 0.1) is 13.7 Å². The Morgan fingerprint density at radius 3 is 2.84 bits per heavy atom. The van der Waals surface area contributed by atoms with Crippen molar-refractivity contribution in [2.45, 2.75) is 25.9 Å². The van der Waals surface area contributed by atoms with Gasteiger partial charge < -0.3 is 14.8 Å². The van der Waals surface area contributed by atoms with E-state index in [1.54, 1.807) is 14.0 Å². The number of hydrogen-bond acceptors (Lipinski definition) is 7. The SMILES string of the molecule is CCOC(=O)c1cnc(SC)nc1NCC1C=CC(OC)=C(C)C1C. The van der Waals surface area contributed by atoms with Crippen LogP contribution < -0.4 is 5.32 Å². The van der Waals surface area contributed by atoms with Crippen molar-refractivity contribution in [1.29, 1.82) is 0 Å². The van der Waals surface area contributed by atoms with Crippen LogP contribution >= 0.6 is 11.8 Å². The quantitative estimate of drug-likeness (QED) is 0.451. The lowest BCUT2D eigenvalue weighted by atomic mass is 9.83. The largest absolute Gasteiger partial charge is 0.497 e. The predicted octanol–water partition coefficient (Wildman–Crippen LogP) is 3.53. The van der Waals surface area contributed by atoms with Crippen molar-refractivity contribution in [3.8, 4) is 0 Å². The summed E-state index contributed by atoms with van der Waals surface area (Å²) in [5, 5.41) is 3.91. The average Bonchev–Trinajstić information content (AvgIpc) is 2.63. The second-order valence-corrected chi connectivity index (χ2v) is 6.56. The lowest BCUT2D eigenvalue weighted by Crippen LogP contribution is -2.25. The Labute approximate surface area is 153 Å². The van der Waals surface area contributed by atoms with E-state index >= 15 is 0 Å². The molecule has 1 aliphatic rings. The summed E-state index contributed by atoms with van der Waals surface area (Å²) < 4.78 is 10.5. The first-order valence-corrected chi connectivity index (χ1v) is 9.49. The van der Waals surface area contributed by atoms with Gasteiger partial charge in [-0.3, -0.25) is 0 Å². The molecule has 0 bridgehead atoms. The number of hydrogen-bond donors (Lipinski definition) is 1. The first-order valence-electron chi connectivity index (χ1n) is 8.26. The van der Waals surface area contributed by atoms with Crippen LogP contribution in [0.1, 0.15) is 31.1 Å². The van der Waals surface area contributed by atoms with Crippen molar-refractivity contribution in [2.75, 3.05) is 31.8 Å². The highest BCUT2D eigenvalue weighted by Gasteiger charge is 2.24. The molecule has 0 saturated heterocycles. The minimum absolute atomic E-state index is 0.279. The van der Waals surface area contributed by atoms with Crippen LogP contribution in [0.15, 0.2) is 34.8 Å². The second-order valence-electron chi connectivity index (χ2n) is 5.78. The Morgan fingerprint density at radius 2 is 2.20 bits per heavy atom. The van der Waals surface area contributed by atoms with Gasteiger partial charge >= 0.3 is 5.97 Å². The number of thioether (sulfide) groups is 1.